The molecule has 5 heteroatoms. The van der Waals surface area contributed by atoms with Crippen molar-refractivity contribution in [3.63, 3.8) is 0 Å². The Balaban J connectivity index is 2.53. The summed E-state index contributed by atoms with van der Waals surface area (Å²) in [6.07, 6.45) is 5.18. The molecule has 0 fully saturated rings. The molecule has 1 aromatic carbocycles. The summed E-state index contributed by atoms with van der Waals surface area (Å²) in [7, 11) is 0. The van der Waals surface area contributed by atoms with E-state index in [9.17, 15) is 9.90 Å². The summed E-state index contributed by atoms with van der Waals surface area (Å²) >= 11 is 0. The average molecular weight is 358 g/mol. The highest BCUT2D eigenvalue weighted by molar-refractivity contribution is 5.85. The second-order valence-corrected chi connectivity index (χ2v) is 7.28. The quantitative estimate of drug-likeness (QED) is 0.549. The summed E-state index contributed by atoms with van der Waals surface area (Å²) in [6.45, 7) is 6.71. The predicted octanol–water partition coefficient (Wildman–Crippen LogP) is 5.03. The van der Waals surface area contributed by atoms with E-state index in [1.54, 1.807) is 12.1 Å². The van der Waals surface area contributed by atoms with Crippen LogP contribution in [0.25, 0.3) is 10.9 Å². The number of carboxylic acid groups (broad SMARTS) is 1. The molecule has 0 bridgehead atoms. The molecule has 2 aromatic rings. The van der Waals surface area contributed by atoms with Gasteiger partial charge in [0.25, 0.3) is 0 Å². The molecule has 1 amide bonds. The molecule has 1 aromatic heterocycles. The molecule has 142 valence electrons. The maximum absolute atomic E-state index is 11.1. The van der Waals surface area contributed by atoms with Crippen molar-refractivity contribution in [1.82, 2.24) is 10.3 Å². The van der Waals surface area contributed by atoms with Crippen molar-refractivity contribution in [2.75, 3.05) is 0 Å². The van der Waals surface area contributed by atoms with E-state index in [2.05, 4.69) is 26.1 Å². The van der Waals surface area contributed by atoms with Gasteiger partial charge in [-0.1, -0.05) is 40.0 Å². The number of nitrogens with one attached hydrogen (secondary N) is 1. The normalized spacial score (nSPS) is 11.2. The number of phenols is 1. The molecule has 0 saturated heterocycles. The van der Waals surface area contributed by atoms with E-state index in [0.29, 0.717) is 5.92 Å². The Hall–Kier alpha value is -2.30. The van der Waals surface area contributed by atoms with Crippen LogP contribution >= 0.6 is 0 Å². The van der Waals surface area contributed by atoms with Crippen LogP contribution in [-0.2, 0) is 19.4 Å². The number of aromatic nitrogens is 1. The van der Waals surface area contributed by atoms with Gasteiger partial charge in [0, 0.05) is 17.6 Å². The van der Waals surface area contributed by atoms with E-state index in [-0.39, 0.29) is 12.3 Å². The Bertz CT molecular complexity index is 756. The van der Waals surface area contributed by atoms with Crippen molar-refractivity contribution in [3.05, 3.63) is 35.0 Å². The Morgan fingerprint density at radius 2 is 1.96 bits per heavy atom. The summed E-state index contributed by atoms with van der Waals surface area (Å²) < 4.78 is 0. The maximum Gasteiger partial charge on any atom is 0.404 e. The minimum Gasteiger partial charge on any atom is -0.508 e. The molecule has 0 saturated carbocycles. The Morgan fingerprint density at radius 1 is 1.19 bits per heavy atom. The van der Waals surface area contributed by atoms with Gasteiger partial charge in [-0.2, -0.15) is 0 Å². The van der Waals surface area contributed by atoms with E-state index in [1.807, 2.05) is 6.07 Å². The monoisotopic (exact) mass is 358 g/mol. The summed E-state index contributed by atoms with van der Waals surface area (Å²) in [6, 6.07) is 5.25. The van der Waals surface area contributed by atoms with Gasteiger partial charge in [-0.05, 0) is 54.5 Å². The lowest BCUT2D eigenvalue weighted by molar-refractivity contribution is 0.194. The lowest BCUT2D eigenvalue weighted by atomic mass is 9.92. The Labute approximate surface area is 155 Å². The molecule has 0 aliphatic carbocycles. The van der Waals surface area contributed by atoms with Crippen LogP contribution in [-0.4, -0.2) is 21.3 Å². The van der Waals surface area contributed by atoms with Crippen molar-refractivity contribution in [2.45, 2.75) is 65.8 Å². The number of benzene rings is 1. The standard InChI is InChI=1S/C21H30N2O3/c1-4-5-6-7-8-16-17-12-15(24)9-10-19(17)23-20(11-14(2)3)18(16)13-22-21(25)26/h9-10,12,14,22,24H,4-8,11,13H2,1-3H3,(H,25,26). The molecule has 1 heterocycles. The number of aryl methyl sites for hydroxylation is 1. The van der Waals surface area contributed by atoms with Gasteiger partial charge in [-0.3, -0.25) is 4.98 Å². The number of pyridine rings is 1. The van der Waals surface area contributed by atoms with E-state index in [0.717, 1.165) is 53.4 Å². The van der Waals surface area contributed by atoms with Gasteiger partial charge in [0.2, 0.25) is 0 Å². The summed E-state index contributed by atoms with van der Waals surface area (Å²) in [4.78, 5) is 15.9. The SMILES string of the molecule is CCCCCCc1c(CNC(=O)O)c(CC(C)C)nc2ccc(O)cc12. The number of unbranched alkanes of at least 4 members (excludes halogenated alkanes) is 3. The van der Waals surface area contributed by atoms with E-state index < -0.39 is 6.09 Å². The van der Waals surface area contributed by atoms with Crippen molar-refractivity contribution in [3.8, 4) is 5.75 Å². The highest BCUT2D eigenvalue weighted by atomic mass is 16.4. The largest absolute Gasteiger partial charge is 0.508 e. The lowest BCUT2D eigenvalue weighted by Gasteiger charge is -2.19. The number of fused-ring (bicyclic) bond motifs is 1. The van der Waals surface area contributed by atoms with Gasteiger partial charge in [-0.15, -0.1) is 0 Å². The fraction of sp³-hybridized carbons (Fsp3) is 0.524. The fourth-order valence-electron chi connectivity index (χ4n) is 3.36. The molecule has 0 unspecified atom stereocenters. The fourth-order valence-corrected chi connectivity index (χ4v) is 3.36. The zero-order valence-electron chi connectivity index (χ0n) is 16.0. The Kier molecular flexibility index (Phi) is 7.25. The van der Waals surface area contributed by atoms with Gasteiger partial charge in [-0.25, -0.2) is 4.79 Å². The maximum atomic E-state index is 11.1. The molecule has 0 spiro atoms. The second kappa shape index (κ2) is 9.41. The molecule has 26 heavy (non-hydrogen) atoms. The third-order valence-corrected chi connectivity index (χ3v) is 4.57. The zero-order chi connectivity index (χ0) is 19.1. The molecule has 0 aliphatic heterocycles. The number of nitrogens with zero attached hydrogens (tertiary/aromatic N) is 1. The molecule has 0 atom stereocenters. The van der Waals surface area contributed by atoms with Crippen molar-refractivity contribution in [2.24, 2.45) is 5.92 Å². The van der Waals surface area contributed by atoms with E-state index >= 15 is 0 Å². The number of hydrogen-bond donors (Lipinski definition) is 3. The molecular weight excluding hydrogens is 328 g/mol. The molecule has 2 rings (SSSR count). The highest BCUT2D eigenvalue weighted by Crippen LogP contribution is 2.29. The van der Waals surface area contributed by atoms with Gasteiger partial charge in [0.1, 0.15) is 5.75 Å². The minimum absolute atomic E-state index is 0.211. The van der Waals surface area contributed by atoms with Crippen molar-refractivity contribution >= 4 is 17.0 Å². The average Bonchev–Trinajstić information content (AvgIpc) is 2.57. The van der Waals surface area contributed by atoms with Gasteiger partial charge in [0.15, 0.2) is 0 Å². The first kappa shape index (κ1) is 20.0. The highest BCUT2D eigenvalue weighted by Gasteiger charge is 2.17. The number of rotatable bonds is 9. The van der Waals surface area contributed by atoms with Crippen LogP contribution in [0.4, 0.5) is 4.79 Å². The van der Waals surface area contributed by atoms with E-state index in [4.69, 9.17) is 10.1 Å². The number of hydrogen-bond acceptors (Lipinski definition) is 3. The molecule has 0 radical (unpaired) electrons. The first-order chi connectivity index (χ1) is 12.4. The van der Waals surface area contributed by atoms with Gasteiger partial charge >= 0.3 is 6.09 Å². The zero-order valence-corrected chi connectivity index (χ0v) is 16.0. The molecule has 5 nitrogen and oxygen atoms in total. The summed E-state index contributed by atoms with van der Waals surface area (Å²) in [5.74, 6) is 0.636. The van der Waals surface area contributed by atoms with Crippen LogP contribution in [0.3, 0.4) is 0 Å². The van der Waals surface area contributed by atoms with Crippen molar-refractivity contribution < 1.29 is 15.0 Å². The molecular formula is C21H30N2O3. The smallest absolute Gasteiger partial charge is 0.404 e. The van der Waals surface area contributed by atoms with Gasteiger partial charge in [0.05, 0.1) is 5.52 Å². The molecule has 3 N–H and O–H groups in total. The Morgan fingerprint density at radius 3 is 2.62 bits per heavy atom. The minimum atomic E-state index is -1.03. The van der Waals surface area contributed by atoms with Crippen LogP contribution in [0.5, 0.6) is 5.75 Å². The van der Waals surface area contributed by atoms with Crippen LogP contribution < -0.4 is 5.32 Å². The lowest BCUT2D eigenvalue weighted by Crippen LogP contribution is -2.23. The topological polar surface area (TPSA) is 82.5 Å². The number of aromatic hydroxyl groups is 1. The number of phenolic OH excluding ortho intramolecular Hbond substituents is 1. The van der Waals surface area contributed by atoms with Crippen LogP contribution in [0.1, 0.15) is 63.3 Å². The summed E-state index contributed by atoms with van der Waals surface area (Å²) in [5.41, 5.74) is 3.91. The van der Waals surface area contributed by atoms with E-state index in [1.165, 1.54) is 12.8 Å². The number of amides is 1. The second-order valence-electron chi connectivity index (χ2n) is 7.28. The van der Waals surface area contributed by atoms with Crippen LogP contribution in [0.2, 0.25) is 0 Å². The summed E-state index contributed by atoms with van der Waals surface area (Å²) in [5, 5.41) is 22.5. The van der Waals surface area contributed by atoms with Crippen LogP contribution in [0, 0.1) is 5.92 Å². The van der Waals surface area contributed by atoms with Crippen LogP contribution in [0.15, 0.2) is 18.2 Å². The first-order valence-electron chi connectivity index (χ1n) is 9.52. The third-order valence-electron chi connectivity index (χ3n) is 4.57. The number of carbonyl (C=O) groups is 1. The first-order valence-corrected chi connectivity index (χ1v) is 9.52. The van der Waals surface area contributed by atoms with Crippen molar-refractivity contribution in [1.29, 1.82) is 0 Å². The third kappa shape index (κ3) is 5.35. The van der Waals surface area contributed by atoms with Gasteiger partial charge < -0.3 is 15.5 Å². The molecule has 0 aliphatic rings. The predicted molar refractivity (Wildman–Crippen MR) is 105 cm³/mol.